The van der Waals surface area contributed by atoms with Crippen molar-refractivity contribution >= 4 is 11.9 Å². The summed E-state index contributed by atoms with van der Waals surface area (Å²) in [6.07, 6.45) is 1.50. The summed E-state index contributed by atoms with van der Waals surface area (Å²) in [6, 6.07) is 3.99. The van der Waals surface area contributed by atoms with Gasteiger partial charge in [-0.05, 0) is 30.7 Å². The monoisotopic (exact) mass is 323 g/mol. The molecule has 0 saturated heterocycles. The SMILES string of the molecule is C=CCOCC(NC(=O)COc1ccc(OC)c(C)c1)C(=O)O. The van der Waals surface area contributed by atoms with Crippen LogP contribution in [-0.4, -0.2) is 50.0 Å². The quantitative estimate of drug-likeness (QED) is 0.495. The molecule has 0 aliphatic rings. The molecule has 0 saturated carbocycles. The van der Waals surface area contributed by atoms with Crippen molar-refractivity contribution in [2.75, 3.05) is 26.9 Å². The van der Waals surface area contributed by atoms with Crippen molar-refractivity contribution in [3.63, 3.8) is 0 Å². The van der Waals surface area contributed by atoms with Crippen LogP contribution in [0.3, 0.4) is 0 Å². The van der Waals surface area contributed by atoms with Crippen LogP contribution in [0.25, 0.3) is 0 Å². The van der Waals surface area contributed by atoms with E-state index in [9.17, 15) is 9.59 Å². The molecule has 1 atom stereocenters. The fraction of sp³-hybridized carbons (Fsp3) is 0.375. The van der Waals surface area contributed by atoms with Crippen molar-refractivity contribution in [2.24, 2.45) is 0 Å². The Hall–Kier alpha value is -2.54. The molecule has 0 fully saturated rings. The largest absolute Gasteiger partial charge is 0.496 e. The summed E-state index contributed by atoms with van der Waals surface area (Å²) in [4.78, 5) is 22.8. The first-order chi connectivity index (χ1) is 11.0. The van der Waals surface area contributed by atoms with Crippen molar-refractivity contribution in [1.29, 1.82) is 0 Å². The Balaban J connectivity index is 2.49. The maximum Gasteiger partial charge on any atom is 0.328 e. The van der Waals surface area contributed by atoms with Gasteiger partial charge in [0, 0.05) is 0 Å². The van der Waals surface area contributed by atoms with E-state index >= 15 is 0 Å². The number of carbonyl (C=O) groups is 2. The van der Waals surface area contributed by atoms with Crippen LogP contribution in [0.2, 0.25) is 0 Å². The first-order valence-electron chi connectivity index (χ1n) is 6.96. The van der Waals surface area contributed by atoms with Gasteiger partial charge in [-0.2, -0.15) is 0 Å². The van der Waals surface area contributed by atoms with Gasteiger partial charge < -0.3 is 24.6 Å². The fourth-order valence-corrected chi connectivity index (χ4v) is 1.77. The molecule has 7 heteroatoms. The van der Waals surface area contributed by atoms with E-state index in [1.54, 1.807) is 25.3 Å². The predicted octanol–water partition coefficient (Wildman–Crippen LogP) is 1.15. The van der Waals surface area contributed by atoms with E-state index in [4.69, 9.17) is 19.3 Å². The van der Waals surface area contributed by atoms with Crippen molar-refractivity contribution < 1.29 is 28.9 Å². The lowest BCUT2D eigenvalue weighted by molar-refractivity contribution is -0.143. The third-order valence-corrected chi connectivity index (χ3v) is 2.89. The molecule has 1 aromatic carbocycles. The zero-order chi connectivity index (χ0) is 17.2. The molecule has 0 radical (unpaired) electrons. The van der Waals surface area contributed by atoms with E-state index < -0.39 is 17.9 Å². The fourth-order valence-electron chi connectivity index (χ4n) is 1.77. The molecule has 0 bridgehead atoms. The molecule has 1 rings (SSSR count). The molecule has 1 aromatic rings. The molecule has 0 aliphatic heterocycles. The number of methoxy groups -OCH3 is 1. The van der Waals surface area contributed by atoms with Gasteiger partial charge in [0.05, 0.1) is 20.3 Å². The zero-order valence-corrected chi connectivity index (χ0v) is 13.2. The number of carbonyl (C=O) groups excluding carboxylic acids is 1. The number of aliphatic carboxylic acids is 1. The third kappa shape index (κ3) is 6.39. The second kappa shape index (κ2) is 9.47. The minimum atomic E-state index is -1.18. The Morgan fingerprint density at radius 3 is 2.74 bits per heavy atom. The third-order valence-electron chi connectivity index (χ3n) is 2.89. The molecule has 2 N–H and O–H groups in total. The lowest BCUT2D eigenvalue weighted by Crippen LogP contribution is -2.45. The zero-order valence-electron chi connectivity index (χ0n) is 13.2. The van der Waals surface area contributed by atoms with Crippen LogP contribution < -0.4 is 14.8 Å². The minimum Gasteiger partial charge on any atom is -0.496 e. The molecular formula is C16H21NO6. The Bertz CT molecular complexity index is 558. The standard InChI is InChI=1S/C16H21NO6/c1-4-7-22-9-13(16(19)20)17-15(18)10-23-12-5-6-14(21-3)11(2)8-12/h4-6,8,13H,1,7,9-10H2,2-3H3,(H,17,18)(H,19,20). The predicted molar refractivity (Wildman–Crippen MR) is 83.8 cm³/mol. The number of rotatable bonds is 10. The Morgan fingerprint density at radius 2 is 2.17 bits per heavy atom. The van der Waals surface area contributed by atoms with Gasteiger partial charge >= 0.3 is 5.97 Å². The van der Waals surface area contributed by atoms with Crippen molar-refractivity contribution in [2.45, 2.75) is 13.0 Å². The molecule has 7 nitrogen and oxygen atoms in total. The smallest absolute Gasteiger partial charge is 0.328 e. The Kier molecular flexibility index (Phi) is 7.62. The van der Waals surface area contributed by atoms with Gasteiger partial charge in [-0.1, -0.05) is 6.08 Å². The van der Waals surface area contributed by atoms with Gasteiger partial charge in [-0.15, -0.1) is 6.58 Å². The van der Waals surface area contributed by atoms with Crippen LogP contribution >= 0.6 is 0 Å². The van der Waals surface area contributed by atoms with Gasteiger partial charge in [0.15, 0.2) is 12.6 Å². The number of carboxylic acids is 1. The van der Waals surface area contributed by atoms with Crippen molar-refractivity contribution in [1.82, 2.24) is 5.32 Å². The van der Waals surface area contributed by atoms with Crippen LogP contribution in [0.5, 0.6) is 11.5 Å². The topological polar surface area (TPSA) is 94.1 Å². The molecule has 0 aromatic heterocycles. The number of aryl methyl sites for hydroxylation is 1. The van der Waals surface area contributed by atoms with Crippen molar-refractivity contribution in [3.8, 4) is 11.5 Å². The van der Waals surface area contributed by atoms with Crippen molar-refractivity contribution in [3.05, 3.63) is 36.4 Å². The van der Waals surface area contributed by atoms with E-state index in [0.717, 1.165) is 5.56 Å². The second-order valence-corrected chi connectivity index (χ2v) is 4.70. The molecule has 0 heterocycles. The lowest BCUT2D eigenvalue weighted by atomic mass is 10.2. The van der Waals surface area contributed by atoms with Gasteiger partial charge in [-0.25, -0.2) is 4.79 Å². The van der Waals surface area contributed by atoms with Gasteiger partial charge in [0.25, 0.3) is 5.91 Å². The van der Waals surface area contributed by atoms with Crippen LogP contribution in [0.4, 0.5) is 0 Å². The number of carboxylic acid groups (broad SMARTS) is 1. The summed E-state index contributed by atoms with van der Waals surface area (Å²) in [6.45, 7) is 5.08. The van der Waals surface area contributed by atoms with E-state index in [-0.39, 0.29) is 19.8 Å². The molecule has 126 valence electrons. The summed E-state index contributed by atoms with van der Waals surface area (Å²) in [5.41, 5.74) is 0.867. The van der Waals surface area contributed by atoms with E-state index in [2.05, 4.69) is 11.9 Å². The average Bonchev–Trinajstić information content (AvgIpc) is 2.52. The second-order valence-electron chi connectivity index (χ2n) is 4.70. The maximum atomic E-state index is 11.8. The number of hydrogen-bond acceptors (Lipinski definition) is 5. The number of ether oxygens (including phenoxy) is 3. The van der Waals surface area contributed by atoms with Crippen LogP contribution in [0.1, 0.15) is 5.56 Å². The summed E-state index contributed by atoms with van der Waals surface area (Å²) < 4.78 is 15.5. The van der Waals surface area contributed by atoms with Gasteiger partial charge in [0.2, 0.25) is 0 Å². The lowest BCUT2D eigenvalue weighted by Gasteiger charge is -2.15. The Labute approximate surface area is 134 Å². The maximum absolute atomic E-state index is 11.8. The normalized spacial score (nSPS) is 11.4. The molecule has 0 aliphatic carbocycles. The molecule has 23 heavy (non-hydrogen) atoms. The molecule has 0 spiro atoms. The number of amides is 1. The number of hydrogen-bond donors (Lipinski definition) is 2. The van der Waals surface area contributed by atoms with E-state index in [1.807, 2.05) is 6.92 Å². The number of nitrogens with one attached hydrogen (secondary N) is 1. The minimum absolute atomic E-state index is 0.144. The highest BCUT2D eigenvalue weighted by Gasteiger charge is 2.20. The van der Waals surface area contributed by atoms with Gasteiger partial charge in [0.1, 0.15) is 11.5 Å². The summed E-state index contributed by atoms with van der Waals surface area (Å²) >= 11 is 0. The van der Waals surface area contributed by atoms with E-state index in [0.29, 0.717) is 11.5 Å². The van der Waals surface area contributed by atoms with Crippen LogP contribution in [0, 0.1) is 6.92 Å². The summed E-state index contributed by atoms with van der Waals surface area (Å²) in [5.74, 6) is -0.517. The number of benzene rings is 1. The first-order valence-corrected chi connectivity index (χ1v) is 6.96. The average molecular weight is 323 g/mol. The first kappa shape index (κ1) is 18.5. The van der Waals surface area contributed by atoms with Gasteiger partial charge in [-0.3, -0.25) is 4.79 Å². The highest BCUT2D eigenvalue weighted by Crippen LogP contribution is 2.22. The summed E-state index contributed by atoms with van der Waals surface area (Å²) in [5, 5.41) is 11.4. The highest BCUT2D eigenvalue weighted by molar-refractivity contribution is 5.84. The van der Waals surface area contributed by atoms with Crippen LogP contribution in [0.15, 0.2) is 30.9 Å². The highest BCUT2D eigenvalue weighted by atomic mass is 16.5. The molecular weight excluding hydrogens is 302 g/mol. The molecule has 1 unspecified atom stereocenters. The van der Waals surface area contributed by atoms with Crippen LogP contribution in [-0.2, 0) is 14.3 Å². The van der Waals surface area contributed by atoms with E-state index in [1.165, 1.54) is 6.08 Å². The summed E-state index contributed by atoms with van der Waals surface area (Å²) in [7, 11) is 1.57. The Morgan fingerprint density at radius 1 is 1.43 bits per heavy atom. The molecule has 1 amide bonds.